The van der Waals surface area contributed by atoms with E-state index in [0.717, 1.165) is 17.7 Å². The normalized spacial score (nSPS) is 17.5. The van der Waals surface area contributed by atoms with E-state index in [1.165, 1.54) is 29.2 Å². The van der Waals surface area contributed by atoms with Gasteiger partial charge >= 0.3 is 6.18 Å². The first kappa shape index (κ1) is 21.6. The van der Waals surface area contributed by atoms with Crippen LogP contribution in [0.25, 0.3) is 0 Å². The van der Waals surface area contributed by atoms with Gasteiger partial charge in [-0.15, -0.1) is 0 Å². The average Bonchev–Trinajstić information content (AvgIpc) is 3.35. The van der Waals surface area contributed by atoms with Crippen molar-refractivity contribution in [1.82, 2.24) is 9.62 Å². The molecule has 1 N–H and O–H groups in total. The molecule has 0 aliphatic carbocycles. The van der Waals surface area contributed by atoms with Crippen LogP contribution in [-0.4, -0.2) is 38.9 Å². The lowest BCUT2D eigenvalue weighted by molar-refractivity contribution is -0.137. The number of carbonyl (C=O) groups is 1. The molecule has 10 heteroatoms. The van der Waals surface area contributed by atoms with Gasteiger partial charge in [-0.2, -0.15) is 13.2 Å². The molecule has 2 aromatic rings. The minimum atomic E-state index is -4.57. The van der Waals surface area contributed by atoms with Crippen molar-refractivity contribution in [2.45, 2.75) is 36.4 Å². The Labute approximate surface area is 178 Å². The van der Waals surface area contributed by atoms with Gasteiger partial charge in [0, 0.05) is 25.9 Å². The summed E-state index contributed by atoms with van der Waals surface area (Å²) in [6.07, 6.45) is -3.01. The van der Waals surface area contributed by atoms with Crippen LogP contribution in [0.1, 0.15) is 35.6 Å². The highest BCUT2D eigenvalue weighted by Gasteiger charge is 2.33. The molecule has 1 atom stereocenters. The number of halogens is 3. The Morgan fingerprint density at radius 2 is 1.94 bits per heavy atom. The minimum absolute atomic E-state index is 0.00137. The van der Waals surface area contributed by atoms with E-state index >= 15 is 0 Å². The van der Waals surface area contributed by atoms with E-state index in [2.05, 4.69) is 4.72 Å². The molecule has 6 nitrogen and oxygen atoms in total. The molecule has 0 aromatic heterocycles. The smallest absolute Gasteiger partial charge is 0.416 e. The fraction of sp³-hybridized carbons (Fsp3) is 0.381. The topological polar surface area (TPSA) is 75.7 Å². The fourth-order valence-corrected chi connectivity index (χ4v) is 5.11. The van der Waals surface area contributed by atoms with Crippen LogP contribution < -0.4 is 9.46 Å². The lowest BCUT2D eigenvalue weighted by Gasteiger charge is -2.25. The number of hydrogen-bond donors (Lipinski definition) is 1. The highest BCUT2D eigenvalue weighted by atomic mass is 32.2. The molecule has 2 aliphatic heterocycles. The summed E-state index contributed by atoms with van der Waals surface area (Å²) in [5, 5.41) is 0. The third kappa shape index (κ3) is 4.69. The second-order valence-electron chi connectivity index (χ2n) is 7.61. The van der Waals surface area contributed by atoms with Crippen molar-refractivity contribution in [1.29, 1.82) is 0 Å². The van der Waals surface area contributed by atoms with Gasteiger partial charge in [-0.3, -0.25) is 4.79 Å². The van der Waals surface area contributed by atoms with Crippen LogP contribution in [0.5, 0.6) is 5.75 Å². The molecular formula is C21H21F3N2O4S. The number of sulfonamides is 1. The van der Waals surface area contributed by atoms with Gasteiger partial charge in [-0.1, -0.05) is 12.1 Å². The number of likely N-dealkylation sites (tertiary alicyclic amines) is 1. The zero-order chi connectivity index (χ0) is 22.2. The summed E-state index contributed by atoms with van der Waals surface area (Å²) in [5.41, 5.74) is 0.0208. The van der Waals surface area contributed by atoms with Crippen LogP contribution in [0, 0.1) is 0 Å². The number of hydrogen-bond acceptors (Lipinski definition) is 4. The first-order valence-electron chi connectivity index (χ1n) is 9.86. The zero-order valence-electron chi connectivity index (χ0n) is 16.5. The number of carbonyl (C=O) groups excluding carboxylic acids is 1. The second kappa shape index (κ2) is 8.16. The molecule has 0 radical (unpaired) electrons. The van der Waals surface area contributed by atoms with E-state index < -0.39 is 27.8 Å². The summed E-state index contributed by atoms with van der Waals surface area (Å²) in [5.74, 6) is 0.474. The number of fused-ring (bicyclic) bond motifs is 1. The van der Waals surface area contributed by atoms with Gasteiger partial charge in [-0.25, -0.2) is 13.1 Å². The number of benzene rings is 2. The molecule has 31 heavy (non-hydrogen) atoms. The van der Waals surface area contributed by atoms with E-state index in [-0.39, 0.29) is 22.9 Å². The van der Waals surface area contributed by atoms with Gasteiger partial charge in [0.25, 0.3) is 0 Å². The van der Waals surface area contributed by atoms with E-state index in [1.54, 1.807) is 6.07 Å². The average molecular weight is 454 g/mol. The highest BCUT2D eigenvalue weighted by molar-refractivity contribution is 7.89. The maximum atomic E-state index is 13.2. The Morgan fingerprint density at radius 3 is 2.65 bits per heavy atom. The molecule has 2 aromatic carbocycles. The van der Waals surface area contributed by atoms with Crippen molar-refractivity contribution < 1.29 is 31.1 Å². The lowest BCUT2D eigenvalue weighted by Crippen LogP contribution is -2.38. The van der Waals surface area contributed by atoms with Crippen molar-refractivity contribution in [3.8, 4) is 5.75 Å². The Hall–Kier alpha value is -2.59. The van der Waals surface area contributed by atoms with Crippen molar-refractivity contribution in [2.24, 2.45) is 0 Å². The molecule has 4 rings (SSSR count). The standard InChI is InChI=1S/C21H21F3N2O4S/c22-21(23,24)16-4-1-3-14(11-16)18(13-26-9-2-5-20(26)27)25-31(28,29)17-6-7-19-15(12-17)8-10-30-19/h1,3-4,6-7,11-12,18,25H,2,5,8-10,13H2. The van der Waals surface area contributed by atoms with Crippen LogP contribution >= 0.6 is 0 Å². The summed E-state index contributed by atoms with van der Waals surface area (Å²) in [6.45, 7) is 0.857. The Kier molecular flexibility index (Phi) is 5.69. The Balaban J connectivity index is 1.66. The molecule has 1 unspecified atom stereocenters. The van der Waals surface area contributed by atoms with Crippen LogP contribution in [0.4, 0.5) is 13.2 Å². The van der Waals surface area contributed by atoms with Crippen LogP contribution in [0.2, 0.25) is 0 Å². The lowest BCUT2D eigenvalue weighted by atomic mass is 10.0. The largest absolute Gasteiger partial charge is 0.493 e. The number of nitrogens with one attached hydrogen (secondary N) is 1. The SMILES string of the molecule is O=C1CCCN1CC(NS(=O)(=O)c1ccc2c(c1)CCO2)c1cccc(C(F)(F)F)c1. The summed E-state index contributed by atoms with van der Waals surface area (Å²) in [4.78, 5) is 13.6. The number of amides is 1. The van der Waals surface area contributed by atoms with Crippen molar-refractivity contribution in [2.75, 3.05) is 19.7 Å². The zero-order valence-corrected chi connectivity index (χ0v) is 17.3. The van der Waals surface area contributed by atoms with Gasteiger partial charge in [0.1, 0.15) is 5.75 Å². The minimum Gasteiger partial charge on any atom is -0.493 e. The molecule has 166 valence electrons. The van der Waals surface area contributed by atoms with Gasteiger partial charge in [0.05, 0.1) is 23.1 Å². The molecule has 2 heterocycles. The molecule has 2 aliphatic rings. The van der Waals surface area contributed by atoms with E-state index in [4.69, 9.17) is 4.74 Å². The molecule has 1 amide bonds. The van der Waals surface area contributed by atoms with Gasteiger partial charge in [-0.05, 0) is 47.9 Å². The summed E-state index contributed by atoms with van der Waals surface area (Å²) in [6, 6.07) is 7.96. The molecule has 0 bridgehead atoms. The Bertz CT molecular complexity index is 1100. The predicted octanol–water partition coefficient (Wildman–Crippen LogP) is 3.28. The number of alkyl halides is 3. The molecule has 1 saturated heterocycles. The summed E-state index contributed by atoms with van der Waals surface area (Å²) >= 11 is 0. The number of rotatable bonds is 6. The molecule has 0 spiro atoms. The van der Waals surface area contributed by atoms with Crippen molar-refractivity contribution in [3.63, 3.8) is 0 Å². The predicted molar refractivity (Wildman–Crippen MR) is 106 cm³/mol. The van der Waals surface area contributed by atoms with Crippen LogP contribution in [-0.2, 0) is 27.4 Å². The van der Waals surface area contributed by atoms with Crippen molar-refractivity contribution >= 4 is 15.9 Å². The molecule has 0 saturated carbocycles. The molecule has 1 fully saturated rings. The van der Waals surface area contributed by atoms with Gasteiger partial charge < -0.3 is 9.64 Å². The van der Waals surface area contributed by atoms with E-state index in [1.807, 2.05) is 0 Å². The highest BCUT2D eigenvalue weighted by Crippen LogP contribution is 2.32. The maximum Gasteiger partial charge on any atom is 0.416 e. The number of ether oxygens (including phenoxy) is 1. The maximum absolute atomic E-state index is 13.2. The monoisotopic (exact) mass is 454 g/mol. The third-order valence-electron chi connectivity index (χ3n) is 5.46. The number of nitrogens with zero attached hydrogens (tertiary/aromatic N) is 1. The third-order valence-corrected chi connectivity index (χ3v) is 6.93. The summed E-state index contributed by atoms with van der Waals surface area (Å²) < 4.78 is 73.7. The quantitative estimate of drug-likeness (QED) is 0.727. The first-order valence-corrected chi connectivity index (χ1v) is 11.3. The second-order valence-corrected chi connectivity index (χ2v) is 9.32. The van der Waals surface area contributed by atoms with E-state index in [9.17, 15) is 26.4 Å². The summed E-state index contributed by atoms with van der Waals surface area (Å²) in [7, 11) is -4.06. The van der Waals surface area contributed by atoms with Crippen LogP contribution in [0.15, 0.2) is 47.4 Å². The van der Waals surface area contributed by atoms with E-state index in [0.29, 0.717) is 38.2 Å². The Morgan fingerprint density at radius 1 is 1.13 bits per heavy atom. The first-order chi connectivity index (χ1) is 14.6. The van der Waals surface area contributed by atoms with Gasteiger partial charge in [0.2, 0.25) is 15.9 Å². The van der Waals surface area contributed by atoms with Gasteiger partial charge in [0.15, 0.2) is 0 Å². The van der Waals surface area contributed by atoms with Crippen LogP contribution in [0.3, 0.4) is 0 Å². The van der Waals surface area contributed by atoms with Crippen molar-refractivity contribution in [3.05, 3.63) is 59.2 Å². The fourth-order valence-electron chi connectivity index (χ4n) is 3.85. The molecular weight excluding hydrogens is 433 g/mol.